The molecule has 142 valence electrons. The predicted molar refractivity (Wildman–Crippen MR) is 107 cm³/mol. The van der Waals surface area contributed by atoms with E-state index >= 15 is 0 Å². The maximum absolute atomic E-state index is 12.3. The van der Waals surface area contributed by atoms with Crippen molar-refractivity contribution in [3.8, 4) is 0 Å². The molecule has 1 heterocycles. The Morgan fingerprint density at radius 3 is 2.29 bits per heavy atom. The lowest BCUT2D eigenvalue weighted by molar-refractivity contribution is 0.0846. The first-order chi connectivity index (χ1) is 13.4. The number of nitrogens with zero attached hydrogens (tertiary/aromatic N) is 1. The van der Waals surface area contributed by atoms with Crippen molar-refractivity contribution in [3.63, 3.8) is 0 Å². The molecule has 0 aliphatic rings. The van der Waals surface area contributed by atoms with Gasteiger partial charge in [-0.15, -0.1) is 0 Å². The number of hydrogen-bond acceptors (Lipinski definition) is 3. The fourth-order valence-corrected chi connectivity index (χ4v) is 2.75. The van der Waals surface area contributed by atoms with Crippen LogP contribution in [0.15, 0.2) is 71.7 Å². The van der Waals surface area contributed by atoms with Crippen LogP contribution < -0.4 is 16.4 Å². The Balaban J connectivity index is 1.69. The van der Waals surface area contributed by atoms with Gasteiger partial charge in [0.2, 0.25) is 0 Å². The maximum atomic E-state index is 12.3. The standard InChI is InChI=1S/C21H18ClN3O3/c1-14-3-2-4-16(11-14)20(27)23-24-21(28)17-7-10-19(26)25(13-17)12-15-5-8-18(22)9-6-15/h2-11,13H,12H2,1H3,(H,23,27)(H,24,28). The minimum absolute atomic E-state index is 0.240. The van der Waals surface area contributed by atoms with Gasteiger partial charge in [-0.3, -0.25) is 25.2 Å². The molecule has 0 aliphatic heterocycles. The third-order valence-corrected chi connectivity index (χ3v) is 4.33. The number of benzene rings is 2. The van der Waals surface area contributed by atoms with Crippen LogP contribution in [-0.4, -0.2) is 16.4 Å². The van der Waals surface area contributed by atoms with E-state index in [1.807, 2.05) is 25.1 Å². The Bertz CT molecular complexity index is 1070. The second-order valence-electron chi connectivity index (χ2n) is 6.29. The molecule has 2 aromatic carbocycles. The molecule has 0 aliphatic carbocycles. The van der Waals surface area contributed by atoms with Crippen molar-refractivity contribution in [2.75, 3.05) is 0 Å². The lowest BCUT2D eigenvalue weighted by Crippen LogP contribution is -2.42. The van der Waals surface area contributed by atoms with E-state index in [9.17, 15) is 14.4 Å². The van der Waals surface area contributed by atoms with Gasteiger partial charge in [0.05, 0.1) is 12.1 Å². The van der Waals surface area contributed by atoms with Crippen molar-refractivity contribution in [1.82, 2.24) is 15.4 Å². The SMILES string of the molecule is Cc1cccc(C(=O)NNC(=O)c2ccc(=O)n(Cc3ccc(Cl)cc3)c2)c1. The van der Waals surface area contributed by atoms with Crippen LogP contribution in [0.3, 0.4) is 0 Å². The quantitative estimate of drug-likeness (QED) is 0.666. The monoisotopic (exact) mass is 395 g/mol. The van der Waals surface area contributed by atoms with E-state index in [2.05, 4.69) is 10.9 Å². The summed E-state index contributed by atoms with van der Waals surface area (Å²) in [4.78, 5) is 36.6. The molecule has 28 heavy (non-hydrogen) atoms. The molecule has 2 amide bonds. The number of amides is 2. The van der Waals surface area contributed by atoms with Gasteiger partial charge in [0, 0.05) is 22.8 Å². The second-order valence-corrected chi connectivity index (χ2v) is 6.72. The number of hydrazine groups is 1. The number of rotatable bonds is 4. The fourth-order valence-electron chi connectivity index (χ4n) is 2.62. The van der Waals surface area contributed by atoms with Crippen LogP contribution in [0.25, 0.3) is 0 Å². The molecule has 0 atom stereocenters. The van der Waals surface area contributed by atoms with E-state index in [1.165, 1.54) is 22.9 Å². The molecule has 0 fully saturated rings. The van der Waals surface area contributed by atoms with Crippen LogP contribution >= 0.6 is 11.6 Å². The highest BCUT2D eigenvalue weighted by atomic mass is 35.5. The van der Waals surface area contributed by atoms with Gasteiger partial charge in [0.15, 0.2) is 0 Å². The van der Waals surface area contributed by atoms with E-state index in [4.69, 9.17) is 11.6 Å². The zero-order valence-corrected chi connectivity index (χ0v) is 15.9. The molecule has 0 unspecified atom stereocenters. The van der Waals surface area contributed by atoms with Crippen LogP contribution in [0.4, 0.5) is 0 Å². The summed E-state index contributed by atoms with van der Waals surface area (Å²) in [5.74, 6) is -0.947. The first-order valence-corrected chi connectivity index (χ1v) is 8.92. The molecule has 1 aromatic heterocycles. The van der Waals surface area contributed by atoms with Crippen molar-refractivity contribution in [2.45, 2.75) is 13.5 Å². The minimum atomic E-state index is -0.522. The molecule has 0 saturated carbocycles. The first kappa shape index (κ1) is 19.4. The van der Waals surface area contributed by atoms with Crippen molar-refractivity contribution in [1.29, 1.82) is 0 Å². The third-order valence-electron chi connectivity index (χ3n) is 4.08. The second kappa shape index (κ2) is 8.54. The summed E-state index contributed by atoms with van der Waals surface area (Å²) in [7, 11) is 0. The van der Waals surface area contributed by atoms with E-state index in [0.29, 0.717) is 17.1 Å². The summed E-state index contributed by atoms with van der Waals surface area (Å²) in [5.41, 5.74) is 6.99. The van der Waals surface area contributed by atoms with Crippen molar-refractivity contribution in [3.05, 3.63) is 104 Å². The minimum Gasteiger partial charge on any atom is -0.310 e. The highest BCUT2D eigenvalue weighted by Crippen LogP contribution is 2.10. The smallest absolute Gasteiger partial charge is 0.271 e. The van der Waals surface area contributed by atoms with E-state index in [-0.39, 0.29) is 11.1 Å². The summed E-state index contributed by atoms with van der Waals surface area (Å²) < 4.78 is 1.42. The van der Waals surface area contributed by atoms with Crippen LogP contribution in [0, 0.1) is 6.92 Å². The number of carbonyl (C=O) groups excluding carboxylic acids is 2. The molecule has 3 rings (SSSR count). The van der Waals surface area contributed by atoms with E-state index in [0.717, 1.165) is 11.1 Å². The topological polar surface area (TPSA) is 80.2 Å². The van der Waals surface area contributed by atoms with Gasteiger partial charge in [-0.25, -0.2) is 0 Å². The number of halogens is 1. The lowest BCUT2D eigenvalue weighted by atomic mass is 10.1. The van der Waals surface area contributed by atoms with Crippen LogP contribution in [0.2, 0.25) is 5.02 Å². The zero-order valence-electron chi connectivity index (χ0n) is 15.1. The largest absolute Gasteiger partial charge is 0.310 e. The Morgan fingerprint density at radius 1 is 0.929 bits per heavy atom. The number of hydrogen-bond donors (Lipinski definition) is 2. The first-order valence-electron chi connectivity index (χ1n) is 8.55. The molecule has 0 bridgehead atoms. The molecule has 7 heteroatoms. The Morgan fingerprint density at radius 2 is 1.61 bits per heavy atom. The molecule has 0 radical (unpaired) electrons. The van der Waals surface area contributed by atoms with Gasteiger partial charge in [0.1, 0.15) is 0 Å². The van der Waals surface area contributed by atoms with E-state index in [1.54, 1.807) is 30.3 Å². The number of carbonyl (C=O) groups is 2. The zero-order chi connectivity index (χ0) is 20.1. The summed E-state index contributed by atoms with van der Waals surface area (Å²) in [6, 6.07) is 16.8. The van der Waals surface area contributed by atoms with Crippen molar-refractivity contribution in [2.24, 2.45) is 0 Å². The Kier molecular flexibility index (Phi) is 5.91. The summed E-state index contributed by atoms with van der Waals surface area (Å²) in [5, 5.41) is 0.605. The molecule has 6 nitrogen and oxygen atoms in total. The number of nitrogens with one attached hydrogen (secondary N) is 2. The molecular weight excluding hydrogens is 378 g/mol. The highest BCUT2D eigenvalue weighted by Gasteiger charge is 2.11. The van der Waals surface area contributed by atoms with Gasteiger partial charge in [-0.2, -0.15) is 0 Å². The van der Waals surface area contributed by atoms with Crippen molar-refractivity contribution >= 4 is 23.4 Å². The number of aryl methyl sites for hydroxylation is 1. The molecule has 0 saturated heterocycles. The lowest BCUT2D eigenvalue weighted by Gasteiger charge is -2.10. The average molecular weight is 396 g/mol. The van der Waals surface area contributed by atoms with Gasteiger partial charge < -0.3 is 4.57 Å². The van der Waals surface area contributed by atoms with E-state index < -0.39 is 11.8 Å². The van der Waals surface area contributed by atoms with Gasteiger partial charge in [0.25, 0.3) is 17.4 Å². The third kappa shape index (κ3) is 4.86. The van der Waals surface area contributed by atoms with Crippen LogP contribution in [0.1, 0.15) is 31.8 Å². The maximum Gasteiger partial charge on any atom is 0.271 e. The Hall–Kier alpha value is -3.38. The van der Waals surface area contributed by atoms with Crippen LogP contribution in [0.5, 0.6) is 0 Å². The van der Waals surface area contributed by atoms with Gasteiger partial charge >= 0.3 is 0 Å². The highest BCUT2D eigenvalue weighted by molar-refractivity contribution is 6.30. The van der Waals surface area contributed by atoms with Gasteiger partial charge in [-0.05, 0) is 42.8 Å². The summed E-state index contributed by atoms with van der Waals surface area (Å²) >= 11 is 5.87. The molecular formula is C21H18ClN3O3. The van der Waals surface area contributed by atoms with Crippen molar-refractivity contribution < 1.29 is 9.59 Å². The number of aromatic nitrogens is 1. The normalized spacial score (nSPS) is 10.4. The summed E-state index contributed by atoms with van der Waals surface area (Å²) in [6.45, 7) is 2.17. The predicted octanol–water partition coefficient (Wildman–Crippen LogP) is 2.93. The van der Waals surface area contributed by atoms with Gasteiger partial charge in [-0.1, -0.05) is 41.4 Å². The molecule has 3 aromatic rings. The summed E-state index contributed by atoms with van der Waals surface area (Å²) in [6.07, 6.45) is 1.45. The molecule has 0 spiro atoms. The fraction of sp³-hybridized carbons (Fsp3) is 0.0952. The van der Waals surface area contributed by atoms with Crippen LogP contribution in [-0.2, 0) is 6.54 Å². The molecule has 2 N–H and O–H groups in total. The Labute approximate surface area is 166 Å². The average Bonchev–Trinajstić information content (AvgIpc) is 2.69. The number of pyridine rings is 1.